The molecule has 0 radical (unpaired) electrons. The maximum absolute atomic E-state index is 13.6. The first-order valence-corrected chi connectivity index (χ1v) is 12.5. The molecule has 1 atom stereocenters. The van der Waals surface area contributed by atoms with Gasteiger partial charge in [-0.1, -0.05) is 42.3 Å². The van der Waals surface area contributed by atoms with Crippen molar-refractivity contribution in [3.63, 3.8) is 0 Å². The SMILES string of the molecule is CC#C[C@@H](CC1=NN=NC1)c1ccc(OCc2ccc3scc(-c4ccccc4C(F)(F)F)c3c2)cc1.S. The number of benzene rings is 3. The lowest BCUT2D eigenvalue weighted by Gasteiger charge is -2.13. The Morgan fingerprint density at radius 1 is 1.03 bits per heavy atom. The van der Waals surface area contributed by atoms with Crippen molar-refractivity contribution in [1.29, 1.82) is 0 Å². The molecule has 1 aliphatic heterocycles. The highest BCUT2D eigenvalue weighted by Crippen LogP contribution is 2.41. The molecule has 2 heterocycles. The van der Waals surface area contributed by atoms with E-state index >= 15 is 0 Å². The van der Waals surface area contributed by atoms with Crippen molar-refractivity contribution in [1.82, 2.24) is 0 Å². The molecule has 0 N–H and O–H groups in total. The minimum absolute atomic E-state index is 0. The maximum Gasteiger partial charge on any atom is 0.417 e. The van der Waals surface area contributed by atoms with E-state index < -0.39 is 11.7 Å². The van der Waals surface area contributed by atoms with E-state index in [1.807, 2.05) is 49.4 Å². The van der Waals surface area contributed by atoms with E-state index in [1.54, 1.807) is 11.4 Å². The van der Waals surface area contributed by atoms with Crippen LogP contribution in [-0.4, -0.2) is 12.3 Å². The number of hydrogen-bond donors (Lipinski definition) is 0. The number of thiophene rings is 1. The van der Waals surface area contributed by atoms with E-state index in [1.165, 1.54) is 23.5 Å². The Morgan fingerprint density at radius 3 is 2.53 bits per heavy atom. The van der Waals surface area contributed by atoms with Crippen molar-refractivity contribution in [2.75, 3.05) is 6.54 Å². The highest BCUT2D eigenvalue weighted by atomic mass is 32.1. The van der Waals surface area contributed by atoms with Gasteiger partial charge in [-0.25, -0.2) is 0 Å². The molecule has 0 spiro atoms. The summed E-state index contributed by atoms with van der Waals surface area (Å²) in [5, 5.41) is 14.2. The van der Waals surface area contributed by atoms with Crippen LogP contribution in [0.15, 0.2) is 87.5 Å². The lowest BCUT2D eigenvalue weighted by Crippen LogP contribution is -2.07. The molecular weight excluding hydrogens is 527 g/mol. The molecule has 0 bridgehead atoms. The van der Waals surface area contributed by atoms with Gasteiger partial charge in [-0.15, -0.1) is 22.4 Å². The Balaban J connectivity index is 0.00000336. The van der Waals surface area contributed by atoms with Crippen molar-refractivity contribution in [2.24, 2.45) is 15.4 Å². The first-order valence-electron chi connectivity index (χ1n) is 11.7. The van der Waals surface area contributed by atoms with Crippen LogP contribution < -0.4 is 4.74 Å². The third kappa shape index (κ3) is 6.09. The zero-order valence-corrected chi connectivity index (χ0v) is 22.2. The highest BCUT2D eigenvalue weighted by Gasteiger charge is 2.33. The second-order valence-corrected chi connectivity index (χ2v) is 9.50. The number of hydrogen-bond acceptors (Lipinski definition) is 5. The number of nitrogens with zero attached hydrogens (tertiary/aromatic N) is 3. The van der Waals surface area contributed by atoms with Gasteiger partial charge in [0.05, 0.1) is 17.2 Å². The Hall–Kier alpha value is -3.61. The van der Waals surface area contributed by atoms with Crippen LogP contribution in [0.4, 0.5) is 13.2 Å². The average molecular weight is 552 g/mol. The van der Waals surface area contributed by atoms with Crippen molar-refractivity contribution >= 4 is 40.6 Å². The smallest absolute Gasteiger partial charge is 0.417 e. The molecule has 0 amide bonds. The van der Waals surface area contributed by atoms with Crippen molar-refractivity contribution in [2.45, 2.75) is 32.0 Å². The minimum atomic E-state index is -4.42. The molecule has 0 unspecified atom stereocenters. The Kier molecular flexibility index (Phi) is 8.55. The summed E-state index contributed by atoms with van der Waals surface area (Å²) in [5.41, 5.74) is 2.98. The van der Waals surface area contributed by atoms with Crippen LogP contribution in [0.2, 0.25) is 0 Å². The monoisotopic (exact) mass is 551 g/mol. The molecule has 3 aromatic carbocycles. The molecular formula is C29H24F3N3OS2. The van der Waals surface area contributed by atoms with Gasteiger partial charge in [-0.2, -0.15) is 31.8 Å². The number of rotatable bonds is 7. The third-order valence-corrected chi connectivity index (χ3v) is 7.07. The molecule has 194 valence electrons. The molecule has 4 aromatic rings. The lowest BCUT2D eigenvalue weighted by atomic mass is 9.94. The molecule has 0 fully saturated rings. The number of ether oxygens (including phenoxy) is 1. The molecule has 9 heteroatoms. The van der Waals surface area contributed by atoms with Crippen molar-refractivity contribution in [3.8, 4) is 28.7 Å². The summed E-state index contributed by atoms with van der Waals surface area (Å²) in [6, 6.07) is 19.3. The third-order valence-electron chi connectivity index (χ3n) is 6.11. The van der Waals surface area contributed by atoms with E-state index in [4.69, 9.17) is 4.74 Å². The van der Waals surface area contributed by atoms with E-state index in [0.29, 0.717) is 30.9 Å². The zero-order valence-electron chi connectivity index (χ0n) is 20.4. The number of alkyl halides is 3. The molecule has 5 rings (SSSR count). The zero-order chi connectivity index (χ0) is 25.8. The van der Waals surface area contributed by atoms with E-state index in [0.717, 1.165) is 33.0 Å². The van der Waals surface area contributed by atoms with Gasteiger partial charge in [0, 0.05) is 22.1 Å². The molecule has 0 saturated heterocycles. The van der Waals surface area contributed by atoms with Crippen LogP contribution in [0.3, 0.4) is 0 Å². The Bertz CT molecular complexity index is 1550. The first kappa shape index (κ1) is 27.4. The standard InChI is InChI=1S/C29H22F3N3OS.H2S/c1-2-5-21(15-22-16-33-35-34-22)20-9-11-23(12-10-20)36-17-19-8-13-28-25(14-19)26(18-37-28)24-6-3-4-7-27(24)29(30,31)32;/h3-4,6-14,18,21H,15-17H2,1H3;1H2/t21-;/m0./s1. The van der Waals surface area contributed by atoms with Crippen LogP contribution in [0.25, 0.3) is 21.2 Å². The van der Waals surface area contributed by atoms with Gasteiger partial charge in [0.25, 0.3) is 0 Å². The summed E-state index contributed by atoms with van der Waals surface area (Å²) < 4.78 is 47.8. The number of halogens is 3. The molecule has 1 aliphatic rings. The summed E-state index contributed by atoms with van der Waals surface area (Å²) in [6.07, 6.45) is -3.75. The Labute approximate surface area is 229 Å². The first-order chi connectivity index (χ1) is 17.9. The highest BCUT2D eigenvalue weighted by molar-refractivity contribution is 7.59. The maximum atomic E-state index is 13.6. The molecule has 0 saturated carbocycles. The van der Waals surface area contributed by atoms with Gasteiger partial charge in [0.2, 0.25) is 0 Å². The summed E-state index contributed by atoms with van der Waals surface area (Å²) >= 11 is 1.43. The molecule has 1 aromatic heterocycles. The van der Waals surface area contributed by atoms with Crippen LogP contribution in [0.1, 0.15) is 36.0 Å². The van der Waals surface area contributed by atoms with Gasteiger partial charge < -0.3 is 4.74 Å². The summed E-state index contributed by atoms with van der Waals surface area (Å²) in [6.45, 7) is 2.62. The topological polar surface area (TPSA) is 46.3 Å². The predicted molar refractivity (Wildman–Crippen MR) is 151 cm³/mol. The van der Waals surface area contributed by atoms with Gasteiger partial charge in [-0.05, 0) is 64.5 Å². The minimum Gasteiger partial charge on any atom is -0.489 e. The summed E-state index contributed by atoms with van der Waals surface area (Å²) in [7, 11) is 0. The Morgan fingerprint density at radius 2 is 1.82 bits per heavy atom. The summed E-state index contributed by atoms with van der Waals surface area (Å²) in [5.74, 6) is 6.91. The van der Waals surface area contributed by atoms with Gasteiger partial charge in [0.1, 0.15) is 18.9 Å². The van der Waals surface area contributed by atoms with E-state index in [9.17, 15) is 13.2 Å². The van der Waals surface area contributed by atoms with Gasteiger partial charge in [-0.3, -0.25) is 0 Å². The average Bonchev–Trinajstić information content (AvgIpc) is 3.57. The fourth-order valence-corrected chi connectivity index (χ4v) is 5.25. The summed E-state index contributed by atoms with van der Waals surface area (Å²) in [4.78, 5) is 0. The largest absolute Gasteiger partial charge is 0.489 e. The normalized spacial score (nSPS) is 13.4. The molecule has 4 nitrogen and oxygen atoms in total. The second kappa shape index (κ2) is 11.8. The van der Waals surface area contributed by atoms with Crippen LogP contribution in [-0.2, 0) is 12.8 Å². The van der Waals surface area contributed by atoms with E-state index in [-0.39, 0.29) is 25.0 Å². The van der Waals surface area contributed by atoms with Crippen LogP contribution in [0.5, 0.6) is 5.75 Å². The van der Waals surface area contributed by atoms with Crippen LogP contribution >= 0.6 is 24.8 Å². The van der Waals surface area contributed by atoms with Crippen LogP contribution in [0, 0.1) is 11.8 Å². The lowest BCUT2D eigenvalue weighted by molar-refractivity contribution is -0.137. The van der Waals surface area contributed by atoms with E-state index in [2.05, 4.69) is 27.3 Å². The van der Waals surface area contributed by atoms with Gasteiger partial charge in [0.15, 0.2) is 0 Å². The van der Waals surface area contributed by atoms with Crippen molar-refractivity contribution < 1.29 is 17.9 Å². The second-order valence-electron chi connectivity index (χ2n) is 8.59. The quantitative estimate of drug-likeness (QED) is 0.212. The molecule has 0 aliphatic carbocycles. The number of fused-ring (bicyclic) bond motifs is 1. The van der Waals surface area contributed by atoms with Gasteiger partial charge >= 0.3 is 6.18 Å². The van der Waals surface area contributed by atoms with Crippen molar-refractivity contribution in [3.05, 3.63) is 88.8 Å². The fraction of sp³-hybridized carbons (Fsp3) is 0.207. The fourth-order valence-electron chi connectivity index (χ4n) is 4.31. The molecule has 38 heavy (non-hydrogen) atoms. The predicted octanol–water partition coefficient (Wildman–Crippen LogP) is 8.60.